The van der Waals surface area contributed by atoms with Crippen LogP contribution in [0, 0.1) is 6.92 Å². The van der Waals surface area contributed by atoms with Gasteiger partial charge >= 0.3 is 0 Å². The summed E-state index contributed by atoms with van der Waals surface area (Å²) in [5, 5.41) is 8.71. The molecule has 0 unspecified atom stereocenters. The number of hydrogen-bond acceptors (Lipinski definition) is 4. The molecule has 0 spiro atoms. The van der Waals surface area contributed by atoms with E-state index in [1.54, 1.807) is 19.2 Å². The van der Waals surface area contributed by atoms with Crippen LogP contribution < -0.4 is 16.0 Å². The van der Waals surface area contributed by atoms with Crippen LogP contribution in [0.1, 0.15) is 5.56 Å². The van der Waals surface area contributed by atoms with E-state index in [1.165, 1.54) is 0 Å². The van der Waals surface area contributed by atoms with Crippen molar-refractivity contribution in [2.75, 3.05) is 38.7 Å². The third kappa shape index (κ3) is 7.08. The second-order valence-corrected chi connectivity index (χ2v) is 4.89. The minimum absolute atomic E-state index is 0.0453. The summed E-state index contributed by atoms with van der Waals surface area (Å²) in [7, 11) is 1.56. The normalized spacial score (nSPS) is 10.2. The second-order valence-electron chi connectivity index (χ2n) is 4.45. The quantitative estimate of drug-likeness (QED) is 0.624. The van der Waals surface area contributed by atoms with Gasteiger partial charge in [0.1, 0.15) is 0 Å². The molecule has 0 aromatic heterocycles. The molecule has 0 saturated heterocycles. The molecule has 0 saturated carbocycles. The van der Waals surface area contributed by atoms with Crippen molar-refractivity contribution < 1.29 is 14.3 Å². The Kier molecular flexibility index (Phi) is 7.74. The van der Waals surface area contributed by atoms with Crippen LogP contribution in [0.4, 0.5) is 5.69 Å². The molecule has 0 radical (unpaired) electrons. The molecule has 1 rings (SSSR count). The van der Waals surface area contributed by atoms with E-state index in [0.717, 1.165) is 5.56 Å². The Hall–Kier alpha value is -1.63. The largest absolute Gasteiger partial charge is 0.383 e. The summed E-state index contributed by atoms with van der Waals surface area (Å²) < 4.78 is 4.81. The van der Waals surface area contributed by atoms with Gasteiger partial charge in [0.25, 0.3) is 0 Å². The van der Waals surface area contributed by atoms with E-state index in [-0.39, 0.29) is 24.9 Å². The molecule has 7 heteroatoms. The van der Waals surface area contributed by atoms with Crippen molar-refractivity contribution in [3.63, 3.8) is 0 Å². The summed E-state index contributed by atoms with van der Waals surface area (Å²) >= 11 is 5.88. The molecule has 0 heterocycles. The van der Waals surface area contributed by atoms with Crippen LogP contribution in [0.3, 0.4) is 0 Å². The third-order valence-electron chi connectivity index (χ3n) is 2.67. The predicted molar refractivity (Wildman–Crippen MR) is 82.6 cm³/mol. The Balaban J connectivity index is 2.28. The fourth-order valence-electron chi connectivity index (χ4n) is 1.57. The van der Waals surface area contributed by atoms with Crippen molar-refractivity contribution in [2.45, 2.75) is 6.92 Å². The number of anilines is 1. The third-order valence-corrected chi connectivity index (χ3v) is 2.91. The molecule has 0 aliphatic heterocycles. The number of methoxy groups -OCH3 is 1. The summed E-state index contributed by atoms with van der Waals surface area (Å²) in [5.74, 6) is -0.413. The molecule has 1 aromatic rings. The molecule has 0 aliphatic carbocycles. The number of benzene rings is 1. The Morgan fingerprint density at radius 1 is 1.24 bits per heavy atom. The maximum atomic E-state index is 11.7. The number of rotatable bonds is 8. The standard InChI is InChI=1S/C14H20ClN3O3/c1-10-3-4-11(15)7-12(10)18-14(20)9-16-8-13(19)17-5-6-21-2/h3-4,7,16H,5-6,8-9H2,1-2H3,(H,17,19)(H,18,20). The Bertz CT molecular complexity index is 494. The SMILES string of the molecule is COCCNC(=O)CNCC(=O)Nc1cc(Cl)ccc1C. The summed E-state index contributed by atoms with van der Waals surface area (Å²) in [4.78, 5) is 23.1. The van der Waals surface area contributed by atoms with Crippen LogP contribution in [-0.2, 0) is 14.3 Å². The van der Waals surface area contributed by atoms with Crippen molar-refractivity contribution >= 4 is 29.1 Å². The van der Waals surface area contributed by atoms with Gasteiger partial charge in [0.2, 0.25) is 11.8 Å². The highest BCUT2D eigenvalue weighted by atomic mass is 35.5. The van der Waals surface area contributed by atoms with Gasteiger partial charge in [-0.1, -0.05) is 17.7 Å². The van der Waals surface area contributed by atoms with E-state index in [4.69, 9.17) is 16.3 Å². The van der Waals surface area contributed by atoms with Crippen molar-refractivity contribution in [2.24, 2.45) is 0 Å². The number of nitrogens with one attached hydrogen (secondary N) is 3. The monoisotopic (exact) mass is 313 g/mol. The zero-order valence-electron chi connectivity index (χ0n) is 12.2. The first kappa shape index (κ1) is 17.4. The van der Waals surface area contributed by atoms with E-state index in [2.05, 4.69) is 16.0 Å². The molecule has 21 heavy (non-hydrogen) atoms. The Morgan fingerprint density at radius 2 is 1.95 bits per heavy atom. The number of hydrogen-bond donors (Lipinski definition) is 3. The molecule has 2 amide bonds. The highest BCUT2D eigenvalue weighted by Gasteiger charge is 2.06. The van der Waals surface area contributed by atoms with Crippen molar-refractivity contribution in [3.8, 4) is 0 Å². The summed E-state index contributed by atoms with van der Waals surface area (Å²) in [6.45, 7) is 2.91. The Morgan fingerprint density at radius 3 is 2.67 bits per heavy atom. The first-order chi connectivity index (χ1) is 10.0. The van der Waals surface area contributed by atoms with Crippen LogP contribution in [0.5, 0.6) is 0 Å². The van der Waals surface area contributed by atoms with E-state index in [1.807, 2.05) is 13.0 Å². The van der Waals surface area contributed by atoms with E-state index in [9.17, 15) is 9.59 Å². The number of carbonyl (C=O) groups excluding carboxylic acids is 2. The molecule has 0 fully saturated rings. The van der Waals surface area contributed by atoms with Crippen molar-refractivity contribution in [1.82, 2.24) is 10.6 Å². The number of carbonyl (C=O) groups is 2. The van der Waals surface area contributed by atoms with Crippen LogP contribution in [0.2, 0.25) is 5.02 Å². The maximum absolute atomic E-state index is 11.7. The second kappa shape index (κ2) is 9.33. The maximum Gasteiger partial charge on any atom is 0.238 e. The van der Waals surface area contributed by atoms with Crippen molar-refractivity contribution in [3.05, 3.63) is 28.8 Å². The van der Waals surface area contributed by atoms with Crippen LogP contribution in [0.15, 0.2) is 18.2 Å². The lowest BCUT2D eigenvalue weighted by molar-refractivity contribution is -0.120. The van der Waals surface area contributed by atoms with Crippen LogP contribution >= 0.6 is 11.6 Å². The van der Waals surface area contributed by atoms with Crippen LogP contribution in [-0.4, -0.2) is 45.2 Å². The molecular formula is C14H20ClN3O3. The average molecular weight is 314 g/mol. The van der Waals surface area contributed by atoms with Gasteiger partial charge in [-0.2, -0.15) is 0 Å². The molecule has 1 aromatic carbocycles. The van der Waals surface area contributed by atoms with Gasteiger partial charge in [-0.25, -0.2) is 0 Å². The van der Waals surface area contributed by atoms with Gasteiger partial charge in [-0.15, -0.1) is 0 Å². The molecular weight excluding hydrogens is 294 g/mol. The first-order valence-electron chi connectivity index (χ1n) is 6.55. The fraction of sp³-hybridized carbons (Fsp3) is 0.429. The van der Waals surface area contributed by atoms with Gasteiger partial charge in [-0.05, 0) is 24.6 Å². The molecule has 3 N–H and O–H groups in total. The zero-order valence-corrected chi connectivity index (χ0v) is 12.9. The van der Waals surface area contributed by atoms with Gasteiger partial charge in [-0.3, -0.25) is 14.9 Å². The van der Waals surface area contributed by atoms with Gasteiger partial charge in [0, 0.05) is 24.4 Å². The number of amides is 2. The first-order valence-corrected chi connectivity index (χ1v) is 6.93. The predicted octanol–water partition coefficient (Wildman–Crippen LogP) is 0.939. The number of ether oxygens (including phenoxy) is 1. The molecule has 0 atom stereocenters. The van der Waals surface area contributed by atoms with Gasteiger partial charge < -0.3 is 15.4 Å². The molecule has 0 bridgehead atoms. The lowest BCUT2D eigenvalue weighted by Crippen LogP contribution is -2.38. The minimum Gasteiger partial charge on any atom is -0.383 e. The molecule has 6 nitrogen and oxygen atoms in total. The van der Waals surface area contributed by atoms with E-state index >= 15 is 0 Å². The topological polar surface area (TPSA) is 79.5 Å². The van der Waals surface area contributed by atoms with Crippen molar-refractivity contribution in [1.29, 1.82) is 0 Å². The lowest BCUT2D eigenvalue weighted by atomic mass is 10.2. The molecule has 116 valence electrons. The van der Waals surface area contributed by atoms with Crippen LogP contribution in [0.25, 0.3) is 0 Å². The van der Waals surface area contributed by atoms with Gasteiger partial charge in [0.15, 0.2) is 0 Å². The zero-order chi connectivity index (χ0) is 15.7. The average Bonchev–Trinajstić information content (AvgIpc) is 2.43. The lowest BCUT2D eigenvalue weighted by Gasteiger charge is -2.09. The highest BCUT2D eigenvalue weighted by Crippen LogP contribution is 2.19. The minimum atomic E-state index is -0.231. The smallest absolute Gasteiger partial charge is 0.238 e. The summed E-state index contributed by atoms with van der Waals surface area (Å²) in [6, 6.07) is 5.27. The summed E-state index contributed by atoms with van der Waals surface area (Å²) in [5.41, 5.74) is 1.59. The fourth-order valence-corrected chi connectivity index (χ4v) is 1.74. The number of halogens is 1. The highest BCUT2D eigenvalue weighted by molar-refractivity contribution is 6.31. The van der Waals surface area contributed by atoms with Gasteiger partial charge in [0.05, 0.1) is 19.7 Å². The van der Waals surface area contributed by atoms with E-state index < -0.39 is 0 Å². The Labute approximate surface area is 129 Å². The molecule has 0 aliphatic rings. The van der Waals surface area contributed by atoms with E-state index in [0.29, 0.717) is 23.9 Å². The summed E-state index contributed by atoms with van der Waals surface area (Å²) in [6.07, 6.45) is 0. The number of aryl methyl sites for hydroxylation is 1.